The van der Waals surface area contributed by atoms with E-state index in [0.717, 1.165) is 0 Å². The quantitative estimate of drug-likeness (QED) is 0.817. The van der Waals surface area contributed by atoms with Crippen LogP contribution < -0.4 is 16.2 Å². The van der Waals surface area contributed by atoms with Crippen molar-refractivity contribution in [3.63, 3.8) is 0 Å². The van der Waals surface area contributed by atoms with E-state index < -0.39 is 24.8 Å². The van der Waals surface area contributed by atoms with Gasteiger partial charge in [-0.15, -0.1) is 0 Å². The summed E-state index contributed by atoms with van der Waals surface area (Å²) in [6, 6.07) is 6.85. The van der Waals surface area contributed by atoms with Crippen LogP contribution in [0.3, 0.4) is 0 Å². The minimum atomic E-state index is -3.85. The zero-order valence-corrected chi connectivity index (χ0v) is 16.5. The van der Waals surface area contributed by atoms with Crippen LogP contribution in [0.4, 0.5) is 10.5 Å². The first kappa shape index (κ1) is 20.2. The molecule has 0 aliphatic rings. The molecule has 2 rings (SSSR count). The van der Waals surface area contributed by atoms with E-state index in [2.05, 4.69) is 5.32 Å². The lowest BCUT2D eigenvalue weighted by Gasteiger charge is -2.23. The van der Waals surface area contributed by atoms with E-state index in [0.29, 0.717) is 10.9 Å². The number of aryl methyl sites for hydroxylation is 1. The number of para-hydroxylation sites is 1. The Kier molecular flexibility index (Phi) is 5.61. The number of amides is 1. The standard InChI is InChI=1S/C17H23N2O6P/c1-17(2,3)25-16(21)18-13-14(26(22,23-5)24-6)11-9-7-8-10-12(11)19(4)15(13)20/h7-10H,1-6H3,(H,18,21). The van der Waals surface area contributed by atoms with Crippen molar-refractivity contribution in [2.45, 2.75) is 26.4 Å². The highest BCUT2D eigenvalue weighted by Gasteiger charge is 2.34. The number of pyridine rings is 1. The van der Waals surface area contributed by atoms with E-state index in [4.69, 9.17) is 13.8 Å². The molecule has 2 aromatic rings. The molecule has 0 radical (unpaired) electrons. The smallest absolute Gasteiger partial charge is 0.412 e. The highest BCUT2D eigenvalue weighted by Crippen LogP contribution is 2.48. The van der Waals surface area contributed by atoms with E-state index in [9.17, 15) is 14.2 Å². The predicted molar refractivity (Wildman–Crippen MR) is 100 cm³/mol. The number of nitrogens with one attached hydrogen (secondary N) is 1. The highest BCUT2D eigenvalue weighted by atomic mass is 31.2. The normalized spacial score (nSPS) is 12.2. The Morgan fingerprint density at radius 1 is 1.15 bits per heavy atom. The molecule has 1 aromatic heterocycles. The van der Waals surface area contributed by atoms with Crippen LogP contribution in [0.25, 0.3) is 10.9 Å². The summed E-state index contributed by atoms with van der Waals surface area (Å²) < 4.78 is 29.9. The van der Waals surface area contributed by atoms with Crippen molar-refractivity contribution in [3.8, 4) is 0 Å². The SMILES string of the molecule is COP(=O)(OC)c1c(NC(=O)OC(C)(C)C)c(=O)n(C)c2ccccc12. The Balaban J connectivity index is 2.80. The molecule has 0 saturated carbocycles. The lowest BCUT2D eigenvalue weighted by Crippen LogP contribution is -2.35. The molecule has 0 unspecified atom stereocenters. The molecule has 1 heterocycles. The first-order chi connectivity index (χ1) is 12.0. The maximum atomic E-state index is 13.1. The van der Waals surface area contributed by atoms with Gasteiger partial charge in [0.15, 0.2) is 0 Å². The number of anilines is 1. The largest absolute Gasteiger partial charge is 0.444 e. The number of aromatic nitrogens is 1. The summed E-state index contributed by atoms with van der Waals surface area (Å²) in [7, 11) is 0.132. The number of carbonyl (C=O) groups is 1. The molecule has 8 nitrogen and oxygen atoms in total. The number of fused-ring (bicyclic) bond motifs is 1. The van der Waals surface area contributed by atoms with Gasteiger partial charge in [-0.1, -0.05) is 18.2 Å². The van der Waals surface area contributed by atoms with Gasteiger partial charge in [-0.2, -0.15) is 0 Å². The number of carbonyl (C=O) groups excluding carboxylic acids is 1. The minimum absolute atomic E-state index is 0.00735. The molecular formula is C17H23N2O6P. The van der Waals surface area contributed by atoms with Crippen LogP contribution in [0.5, 0.6) is 0 Å². The van der Waals surface area contributed by atoms with E-state index in [1.54, 1.807) is 52.1 Å². The molecule has 0 saturated heterocycles. The molecule has 1 N–H and O–H groups in total. The average Bonchev–Trinajstić information content (AvgIpc) is 2.57. The third kappa shape index (κ3) is 3.82. The van der Waals surface area contributed by atoms with Crippen LogP contribution in [-0.2, 0) is 25.4 Å². The van der Waals surface area contributed by atoms with Gasteiger partial charge in [-0.05, 0) is 26.8 Å². The fourth-order valence-corrected chi connectivity index (χ4v) is 3.96. The van der Waals surface area contributed by atoms with Crippen LogP contribution in [0, 0.1) is 0 Å². The van der Waals surface area contributed by atoms with Crippen molar-refractivity contribution < 1.29 is 23.1 Å². The Morgan fingerprint density at radius 3 is 2.27 bits per heavy atom. The van der Waals surface area contributed by atoms with Gasteiger partial charge < -0.3 is 18.4 Å². The molecule has 1 aromatic carbocycles. The second kappa shape index (κ2) is 7.23. The summed E-state index contributed by atoms with van der Waals surface area (Å²) >= 11 is 0. The summed E-state index contributed by atoms with van der Waals surface area (Å²) in [6.07, 6.45) is -0.843. The Morgan fingerprint density at radius 2 is 1.73 bits per heavy atom. The summed E-state index contributed by atoms with van der Waals surface area (Å²) in [5.41, 5.74) is -0.999. The number of rotatable bonds is 4. The van der Waals surface area contributed by atoms with Gasteiger partial charge >= 0.3 is 13.7 Å². The molecule has 142 valence electrons. The number of ether oxygens (including phenoxy) is 1. The number of nitrogens with zero attached hydrogens (tertiary/aromatic N) is 1. The van der Waals surface area contributed by atoms with Gasteiger partial charge in [0.25, 0.3) is 5.56 Å². The van der Waals surface area contributed by atoms with Crippen LogP contribution in [0.15, 0.2) is 29.1 Å². The van der Waals surface area contributed by atoms with Crippen LogP contribution in [0.2, 0.25) is 0 Å². The topological polar surface area (TPSA) is 95.9 Å². The zero-order chi connectivity index (χ0) is 19.7. The Hall–Kier alpha value is -2.15. The molecule has 0 aliphatic carbocycles. The maximum absolute atomic E-state index is 13.1. The molecule has 1 amide bonds. The fraction of sp³-hybridized carbons (Fsp3) is 0.412. The van der Waals surface area contributed by atoms with Gasteiger partial charge in [0, 0.05) is 26.7 Å². The zero-order valence-electron chi connectivity index (χ0n) is 15.7. The lowest BCUT2D eigenvalue weighted by atomic mass is 10.2. The molecule has 9 heteroatoms. The number of benzene rings is 1. The van der Waals surface area contributed by atoms with Crippen molar-refractivity contribution in [1.82, 2.24) is 4.57 Å². The van der Waals surface area contributed by atoms with Gasteiger partial charge in [-0.25, -0.2) is 4.79 Å². The first-order valence-corrected chi connectivity index (χ1v) is 9.42. The molecule has 0 fully saturated rings. The van der Waals surface area contributed by atoms with E-state index in [1.807, 2.05) is 0 Å². The summed E-state index contributed by atoms with van der Waals surface area (Å²) in [5, 5.41) is 2.87. The van der Waals surface area contributed by atoms with Crippen molar-refractivity contribution in [3.05, 3.63) is 34.6 Å². The van der Waals surface area contributed by atoms with Gasteiger partial charge in [0.05, 0.1) is 5.52 Å². The van der Waals surface area contributed by atoms with E-state index in [1.165, 1.54) is 18.8 Å². The maximum Gasteiger partial charge on any atom is 0.412 e. The summed E-state index contributed by atoms with van der Waals surface area (Å²) in [5.74, 6) is 0. The van der Waals surface area contributed by atoms with Crippen molar-refractivity contribution >= 4 is 35.6 Å². The Bertz CT molecular complexity index is 937. The average molecular weight is 382 g/mol. The highest BCUT2D eigenvalue weighted by molar-refractivity contribution is 7.63. The lowest BCUT2D eigenvalue weighted by molar-refractivity contribution is 0.0636. The van der Waals surface area contributed by atoms with Crippen molar-refractivity contribution in [1.29, 1.82) is 0 Å². The molecule has 0 atom stereocenters. The van der Waals surface area contributed by atoms with Gasteiger partial charge in [0.2, 0.25) is 0 Å². The fourth-order valence-electron chi connectivity index (χ4n) is 2.54. The number of hydrogen-bond donors (Lipinski definition) is 1. The second-order valence-corrected chi connectivity index (χ2v) is 8.77. The minimum Gasteiger partial charge on any atom is -0.444 e. The Labute approximate surface area is 151 Å². The first-order valence-electron chi connectivity index (χ1n) is 7.88. The molecule has 0 bridgehead atoms. The molecule has 0 aliphatic heterocycles. The third-order valence-corrected chi connectivity index (χ3v) is 5.63. The van der Waals surface area contributed by atoms with Gasteiger partial charge in [0.1, 0.15) is 16.6 Å². The monoisotopic (exact) mass is 382 g/mol. The van der Waals surface area contributed by atoms with Crippen LogP contribution >= 0.6 is 7.60 Å². The predicted octanol–water partition coefficient (Wildman–Crippen LogP) is 3.00. The third-order valence-electron chi connectivity index (χ3n) is 3.66. The molecule has 0 spiro atoms. The molecular weight excluding hydrogens is 359 g/mol. The van der Waals surface area contributed by atoms with Crippen molar-refractivity contribution in [2.75, 3.05) is 19.5 Å². The van der Waals surface area contributed by atoms with Crippen LogP contribution in [-0.4, -0.2) is 30.5 Å². The van der Waals surface area contributed by atoms with Crippen molar-refractivity contribution in [2.24, 2.45) is 7.05 Å². The van der Waals surface area contributed by atoms with Gasteiger partial charge in [-0.3, -0.25) is 14.7 Å². The number of hydrogen-bond acceptors (Lipinski definition) is 6. The van der Waals surface area contributed by atoms with Crippen LogP contribution in [0.1, 0.15) is 20.8 Å². The van der Waals surface area contributed by atoms with E-state index >= 15 is 0 Å². The van der Waals surface area contributed by atoms with E-state index in [-0.39, 0.29) is 11.0 Å². The summed E-state index contributed by atoms with van der Waals surface area (Å²) in [4.78, 5) is 25.1. The molecule has 26 heavy (non-hydrogen) atoms. The second-order valence-electron chi connectivity index (χ2n) is 6.59. The summed E-state index contributed by atoms with van der Waals surface area (Å²) in [6.45, 7) is 5.09.